The maximum atomic E-state index is 13.5. The van der Waals surface area contributed by atoms with Gasteiger partial charge in [0.2, 0.25) is 6.10 Å². The molecule has 2 aromatic heterocycles. The van der Waals surface area contributed by atoms with E-state index in [1.54, 1.807) is 0 Å². The first kappa shape index (κ1) is 37.4. The van der Waals surface area contributed by atoms with Gasteiger partial charge in [-0.1, -0.05) is 5.16 Å². The van der Waals surface area contributed by atoms with Crippen molar-refractivity contribution >= 4 is 74.4 Å². The molecule has 0 saturated carbocycles. The van der Waals surface area contributed by atoms with Gasteiger partial charge in [0.15, 0.2) is 22.3 Å². The Balaban J connectivity index is 1.07. The number of nitrogens with zero attached hydrogens (tertiary/aromatic N) is 5. The number of aromatic nitrogens is 3. The second kappa shape index (κ2) is 13.7. The number of carbonyl (C=O) groups excluding carboxylic acids is 2. The maximum Gasteiger partial charge on any atom is 0.352 e. The van der Waals surface area contributed by atoms with Gasteiger partial charge in [-0.15, -0.1) is 23.1 Å². The third kappa shape index (κ3) is 6.73. The largest absolute Gasteiger partial charge is 0.504 e. The maximum absolute atomic E-state index is 13.5. The number of oxime groups is 1. The number of piperidine rings is 1. The first-order valence-corrected chi connectivity index (χ1v) is 18.6. The number of hydrogen-bond donors (Lipinski definition) is 8. The van der Waals surface area contributed by atoms with Gasteiger partial charge in [-0.05, 0) is 12.1 Å². The van der Waals surface area contributed by atoms with Crippen LogP contribution in [0, 0.1) is 5.41 Å². The van der Waals surface area contributed by atoms with Crippen LogP contribution < -0.4 is 22.2 Å². The van der Waals surface area contributed by atoms with E-state index >= 15 is 0 Å². The second-order valence-corrected chi connectivity index (χ2v) is 16.0. The Labute approximate surface area is 315 Å². The Kier molecular flexibility index (Phi) is 9.33. The first-order chi connectivity index (χ1) is 26.0. The highest BCUT2D eigenvalue weighted by Crippen LogP contribution is 2.49. The summed E-state index contributed by atoms with van der Waals surface area (Å²) in [6.07, 6.45) is -1.58. The minimum Gasteiger partial charge on any atom is -0.504 e. The fraction of sp³-hybridized carbons (Fsp3) is 0.406. The monoisotopic (exact) mass is 801 g/mol. The average Bonchev–Trinajstić information content (AvgIpc) is 3.82. The van der Waals surface area contributed by atoms with E-state index in [0.717, 1.165) is 28.4 Å². The van der Waals surface area contributed by atoms with E-state index < -0.39 is 87.4 Å². The fourth-order valence-corrected chi connectivity index (χ4v) is 9.75. The first-order valence-electron chi connectivity index (χ1n) is 16.6. The van der Waals surface area contributed by atoms with Gasteiger partial charge in [-0.2, -0.15) is 0 Å². The van der Waals surface area contributed by atoms with Crippen LogP contribution in [0.2, 0.25) is 0 Å². The zero-order valence-corrected chi connectivity index (χ0v) is 30.1. The summed E-state index contributed by atoms with van der Waals surface area (Å²) in [6.45, 7) is 2.35. The summed E-state index contributed by atoms with van der Waals surface area (Å²) in [4.78, 5) is 98.4. The molecule has 21 nitrogen and oxygen atoms in total. The van der Waals surface area contributed by atoms with E-state index in [2.05, 4.69) is 20.6 Å². The minimum atomic E-state index is -1.95. The van der Waals surface area contributed by atoms with Gasteiger partial charge < -0.3 is 45.9 Å². The number of carbonyl (C=O) groups is 5. The van der Waals surface area contributed by atoms with E-state index in [4.69, 9.17) is 15.7 Å². The molecule has 4 aliphatic heterocycles. The lowest BCUT2D eigenvalue weighted by atomic mass is 9.84. The van der Waals surface area contributed by atoms with Crippen LogP contribution in [-0.2, 0) is 35.4 Å². The van der Waals surface area contributed by atoms with Crippen LogP contribution in [0.1, 0.15) is 25.0 Å². The summed E-state index contributed by atoms with van der Waals surface area (Å²) in [6, 6.07) is 0.877. The lowest BCUT2D eigenvalue weighted by Crippen LogP contribution is -2.71. The van der Waals surface area contributed by atoms with Gasteiger partial charge in [-0.25, -0.2) is 19.3 Å². The van der Waals surface area contributed by atoms with Crippen molar-refractivity contribution in [1.82, 2.24) is 25.0 Å². The number of fused-ring (bicyclic) bond motifs is 4. The number of amides is 2. The fourth-order valence-electron chi connectivity index (χ4n) is 7.87. The van der Waals surface area contributed by atoms with Crippen LogP contribution in [0.25, 0.3) is 10.8 Å². The number of anilines is 1. The molecular formula is C32H33N8O13S2+. The smallest absolute Gasteiger partial charge is 0.352 e. The van der Waals surface area contributed by atoms with E-state index in [1.165, 1.54) is 21.8 Å². The Bertz CT molecular complexity index is 2360. The van der Waals surface area contributed by atoms with Gasteiger partial charge in [-0.3, -0.25) is 34.0 Å². The third-order valence-corrected chi connectivity index (χ3v) is 12.4. The number of carboxylic acids is 3. The van der Waals surface area contributed by atoms with Crippen molar-refractivity contribution in [2.75, 3.05) is 37.7 Å². The summed E-state index contributed by atoms with van der Waals surface area (Å²) < 4.78 is 1.71. The standard InChI is InChI=1S/C32H32N8O13S2/c33-31-34-16(10-55-31)21(37-53-19(29(49)50)7-20(43)44)25(46)35-22-27(48)39-23(30(51)52)13(9-54-28(22)39)8-40-3-1-32(12-40,2-4-40)11-38-26(47)15-6-18(42)17(41)5-14(15)24(45)36-38/h5-6,10,19,22,28H,1-4,7-9,11-12H2,(H8-,33,34,35,36,37,41,42,43,44,45,46,47,49,50,51,52)/p+1/t19-,22-,28-,32?,40?/m1/s1. The summed E-state index contributed by atoms with van der Waals surface area (Å²) in [5.74, 6) is -7.08. The van der Waals surface area contributed by atoms with Crippen LogP contribution in [0.4, 0.5) is 5.13 Å². The predicted molar refractivity (Wildman–Crippen MR) is 191 cm³/mol. The number of H-pyrrole nitrogens is 1. The number of nitrogen functional groups attached to an aromatic ring is 1. The number of nitrogens with two attached hydrogens (primary N) is 1. The van der Waals surface area contributed by atoms with E-state index in [0.29, 0.717) is 49.1 Å². The van der Waals surface area contributed by atoms with Crippen molar-refractivity contribution in [3.05, 3.63) is 55.2 Å². The highest BCUT2D eigenvalue weighted by atomic mass is 32.2. The summed E-state index contributed by atoms with van der Waals surface area (Å²) in [7, 11) is 0. The van der Waals surface area contributed by atoms with Crippen molar-refractivity contribution in [1.29, 1.82) is 0 Å². The van der Waals surface area contributed by atoms with Crippen molar-refractivity contribution in [2.45, 2.75) is 43.3 Å². The van der Waals surface area contributed by atoms with Crippen LogP contribution in [0.5, 0.6) is 11.5 Å². The number of carboxylic acid groups (broad SMARTS) is 3. The molecule has 2 bridgehead atoms. The predicted octanol–water partition coefficient (Wildman–Crippen LogP) is -1.16. The molecule has 55 heavy (non-hydrogen) atoms. The summed E-state index contributed by atoms with van der Waals surface area (Å²) >= 11 is 2.16. The lowest BCUT2D eigenvalue weighted by Gasteiger charge is -2.50. The molecule has 3 fully saturated rings. The van der Waals surface area contributed by atoms with E-state index in [9.17, 15) is 54.0 Å². The molecule has 0 spiro atoms. The molecule has 3 saturated heterocycles. The molecule has 3 atom stereocenters. The number of aromatic hydroxyl groups is 2. The molecule has 0 unspecified atom stereocenters. The zero-order chi connectivity index (χ0) is 39.6. The normalized spacial score (nSPS) is 25.1. The number of hydrogen-bond acceptors (Lipinski definition) is 15. The minimum absolute atomic E-state index is 0.0218. The van der Waals surface area contributed by atoms with Crippen LogP contribution in [-0.4, -0.2) is 135 Å². The van der Waals surface area contributed by atoms with E-state index in [-0.39, 0.29) is 39.6 Å². The van der Waals surface area contributed by atoms with Crippen LogP contribution >= 0.6 is 23.1 Å². The molecular weight excluding hydrogens is 769 g/mol. The molecule has 3 aromatic rings. The highest BCUT2D eigenvalue weighted by Gasteiger charge is 2.58. The molecule has 290 valence electrons. The number of thiazole rings is 1. The number of phenols is 2. The topological polar surface area (TPSA) is 317 Å². The number of β-lactam (4-membered cyclic amide) rings is 1. The molecule has 2 amide bonds. The molecule has 1 aromatic carbocycles. The van der Waals surface area contributed by atoms with Crippen molar-refractivity contribution in [2.24, 2.45) is 10.6 Å². The van der Waals surface area contributed by atoms with Gasteiger partial charge in [0.1, 0.15) is 29.4 Å². The molecule has 4 aliphatic rings. The van der Waals surface area contributed by atoms with Crippen molar-refractivity contribution in [3.63, 3.8) is 0 Å². The van der Waals surface area contributed by atoms with Gasteiger partial charge in [0.25, 0.3) is 22.9 Å². The molecule has 7 rings (SSSR count). The zero-order valence-electron chi connectivity index (χ0n) is 28.5. The number of quaternary nitrogens is 1. The Morgan fingerprint density at radius 2 is 1.80 bits per heavy atom. The van der Waals surface area contributed by atoms with Crippen molar-refractivity contribution in [3.8, 4) is 11.5 Å². The number of rotatable bonds is 13. The Morgan fingerprint density at radius 1 is 1.11 bits per heavy atom. The van der Waals surface area contributed by atoms with E-state index in [1.807, 2.05) is 0 Å². The summed E-state index contributed by atoms with van der Waals surface area (Å²) in [5, 5.41) is 57.5. The van der Waals surface area contributed by atoms with Crippen LogP contribution in [0.3, 0.4) is 0 Å². The summed E-state index contributed by atoms with van der Waals surface area (Å²) in [5.41, 5.74) is 3.75. The number of benzene rings is 1. The SMILES string of the molecule is Nc1nc(/C(=N/O[C@H](CC(=O)O)C(=O)O)C(=O)N[C@@H]2C(=O)N3C(C(=O)O)=C(C[N+]45CCC(Cn6[nH]c(=O)c7cc(O)c(O)cc7c6=O)(CC4)C5)CS[C@H]23)cs1. The molecule has 0 aliphatic carbocycles. The van der Waals surface area contributed by atoms with Gasteiger partial charge in [0, 0.05) is 35.0 Å². The molecule has 6 heterocycles. The number of thioether (sulfide) groups is 1. The number of phenolic OH excluding ortho intramolecular Hbond substituents is 2. The number of nitrogens with one attached hydrogen (secondary N) is 2. The number of aromatic amines is 1. The lowest BCUT2D eigenvalue weighted by molar-refractivity contribution is -0.905. The third-order valence-electron chi connectivity index (χ3n) is 10.4. The van der Waals surface area contributed by atoms with Gasteiger partial charge in [0.05, 0.1) is 43.4 Å². The Morgan fingerprint density at radius 3 is 2.42 bits per heavy atom. The highest BCUT2D eigenvalue weighted by molar-refractivity contribution is 8.00. The number of aliphatic carboxylic acids is 3. The molecule has 9 N–H and O–H groups in total. The molecule has 23 heteroatoms. The van der Waals surface area contributed by atoms with Crippen LogP contribution in [0.15, 0.2) is 43.5 Å². The second-order valence-electron chi connectivity index (χ2n) is 14.0. The van der Waals surface area contributed by atoms with Gasteiger partial charge >= 0.3 is 17.9 Å². The quantitative estimate of drug-likeness (QED) is 0.0332. The average molecular weight is 802 g/mol. The van der Waals surface area contributed by atoms with Crippen molar-refractivity contribution < 1.29 is 58.8 Å². The Hall–Kier alpha value is -5.94. The molecule has 0 radical (unpaired) electrons.